The van der Waals surface area contributed by atoms with Gasteiger partial charge in [0.1, 0.15) is 5.57 Å². The Hall–Kier alpha value is -3.48. The molecule has 32 heavy (non-hydrogen) atoms. The summed E-state index contributed by atoms with van der Waals surface area (Å²) < 4.78 is 11.9. The lowest BCUT2D eigenvalue weighted by Gasteiger charge is -2.26. The van der Waals surface area contributed by atoms with Gasteiger partial charge in [0.05, 0.1) is 27.4 Å². The third-order valence-corrected chi connectivity index (χ3v) is 5.13. The maximum Gasteiger partial charge on any atom is 0.335 e. The predicted molar refractivity (Wildman–Crippen MR) is 124 cm³/mol. The number of nitrogens with zero attached hydrogens (tertiary/aromatic N) is 2. The number of halogens is 1. The molecule has 2 aromatic carbocycles. The standard InChI is InChI=1S/C21H18IN3O7/c1-3-31-17-10-12(9-16(22)18(17)32-4-2)8-15-19(26)23-21(28)24(20(15)27)13-6-5-7-14(11-13)25(29)30/h5-11H,3-4H2,1-2H3,(H,23,26,28)/b15-8+. The number of carbonyl (C=O) groups is 3. The number of barbiturate groups is 1. The van der Waals surface area contributed by atoms with E-state index in [4.69, 9.17) is 9.47 Å². The van der Waals surface area contributed by atoms with Crippen molar-refractivity contribution in [2.45, 2.75) is 13.8 Å². The first-order valence-corrected chi connectivity index (χ1v) is 10.6. The van der Waals surface area contributed by atoms with E-state index in [1.54, 1.807) is 12.1 Å². The number of hydrogen-bond acceptors (Lipinski definition) is 7. The van der Waals surface area contributed by atoms with Crippen LogP contribution in [0.25, 0.3) is 6.08 Å². The SMILES string of the molecule is CCOc1cc(/C=C2\C(=O)NC(=O)N(c3cccc([N+](=O)[O-])c3)C2=O)cc(I)c1OCC. The van der Waals surface area contributed by atoms with Crippen molar-refractivity contribution < 1.29 is 28.8 Å². The molecular weight excluding hydrogens is 533 g/mol. The van der Waals surface area contributed by atoms with E-state index in [0.717, 1.165) is 6.07 Å². The molecule has 0 spiro atoms. The second-order valence-corrected chi connectivity index (χ2v) is 7.59. The summed E-state index contributed by atoms with van der Waals surface area (Å²) in [4.78, 5) is 48.9. The Morgan fingerprint density at radius 3 is 2.50 bits per heavy atom. The van der Waals surface area contributed by atoms with Crippen molar-refractivity contribution in [3.63, 3.8) is 0 Å². The van der Waals surface area contributed by atoms with Gasteiger partial charge in [0, 0.05) is 12.1 Å². The molecule has 166 valence electrons. The van der Waals surface area contributed by atoms with Gasteiger partial charge < -0.3 is 9.47 Å². The van der Waals surface area contributed by atoms with Crippen LogP contribution in [0, 0.1) is 13.7 Å². The molecule has 0 atom stereocenters. The maximum absolute atomic E-state index is 13.0. The first-order chi connectivity index (χ1) is 15.3. The number of rotatable bonds is 7. The Morgan fingerprint density at radius 1 is 1.12 bits per heavy atom. The largest absolute Gasteiger partial charge is 0.490 e. The van der Waals surface area contributed by atoms with Gasteiger partial charge in [-0.3, -0.25) is 25.0 Å². The molecule has 1 aliphatic rings. The second-order valence-electron chi connectivity index (χ2n) is 6.43. The molecule has 3 rings (SSSR count). The van der Waals surface area contributed by atoms with Crippen LogP contribution >= 0.6 is 22.6 Å². The van der Waals surface area contributed by atoms with Crippen LogP contribution in [0.4, 0.5) is 16.2 Å². The fraction of sp³-hybridized carbons (Fsp3) is 0.190. The Morgan fingerprint density at radius 2 is 1.84 bits per heavy atom. The van der Waals surface area contributed by atoms with Gasteiger partial charge in [-0.25, -0.2) is 9.69 Å². The summed E-state index contributed by atoms with van der Waals surface area (Å²) in [5, 5.41) is 13.2. The molecule has 0 radical (unpaired) electrons. The maximum atomic E-state index is 13.0. The van der Waals surface area contributed by atoms with Gasteiger partial charge in [-0.15, -0.1) is 0 Å². The molecule has 0 aromatic heterocycles. The first-order valence-electron chi connectivity index (χ1n) is 9.51. The lowest BCUT2D eigenvalue weighted by atomic mass is 10.1. The molecule has 1 heterocycles. The zero-order chi connectivity index (χ0) is 23.4. The highest BCUT2D eigenvalue weighted by Crippen LogP contribution is 2.35. The van der Waals surface area contributed by atoms with E-state index in [-0.39, 0.29) is 16.9 Å². The third kappa shape index (κ3) is 4.72. The quantitative estimate of drug-likeness (QED) is 0.183. The number of amides is 4. The number of urea groups is 1. The summed E-state index contributed by atoms with van der Waals surface area (Å²) in [6, 6.07) is 7.36. The number of ether oxygens (including phenoxy) is 2. The molecule has 4 amide bonds. The molecule has 2 aromatic rings. The highest BCUT2D eigenvalue weighted by atomic mass is 127. The van der Waals surface area contributed by atoms with Crippen molar-refractivity contribution in [3.8, 4) is 11.5 Å². The molecule has 11 heteroatoms. The van der Waals surface area contributed by atoms with Crippen molar-refractivity contribution in [2.24, 2.45) is 0 Å². The minimum atomic E-state index is -0.992. The summed E-state index contributed by atoms with van der Waals surface area (Å²) in [6.07, 6.45) is 1.33. The summed E-state index contributed by atoms with van der Waals surface area (Å²) >= 11 is 2.06. The summed E-state index contributed by atoms with van der Waals surface area (Å²) in [5.74, 6) is -0.780. The Kier molecular flexibility index (Phi) is 7.08. The highest BCUT2D eigenvalue weighted by Gasteiger charge is 2.37. The summed E-state index contributed by atoms with van der Waals surface area (Å²) in [6.45, 7) is 4.46. The molecule has 10 nitrogen and oxygen atoms in total. The Bertz CT molecular complexity index is 1150. The minimum Gasteiger partial charge on any atom is -0.490 e. The molecule has 1 N–H and O–H groups in total. The van der Waals surface area contributed by atoms with E-state index in [1.807, 2.05) is 13.8 Å². The highest BCUT2D eigenvalue weighted by molar-refractivity contribution is 14.1. The van der Waals surface area contributed by atoms with Gasteiger partial charge >= 0.3 is 6.03 Å². The number of nitrogens with one attached hydrogen (secondary N) is 1. The minimum absolute atomic E-state index is 0.0311. The zero-order valence-corrected chi connectivity index (χ0v) is 19.2. The van der Waals surface area contributed by atoms with Crippen LogP contribution in [0.3, 0.4) is 0 Å². The predicted octanol–water partition coefficient (Wildman–Crippen LogP) is 3.66. The van der Waals surface area contributed by atoms with Gasteiger partial charge in [0.25, 0.3) is 17.5 Å². The van der Waals surface area contributed by atoms with Crippen molar-refractivity contribution in [1.82, 2.24) is 5.32 Å². The van der Waals surface area contributed by atoms with Crippen molar-refractivity contribution in [2.75, 3.05) is 18.1 Å². The van der Waals surface area contributed by atoms with Crippen LogP contribution in [-0.2, 0) is 9.59 Å². The third-order valence-electron chi connectivity index (χ3n) is 4.33. The Balaban J connectivity index is 2.04. The number of benzene rings is 2. The van der Waals surface area contributed by atoms with Crippen LogP contribution in [0.1, 0.15) is 19.4 Å². The summed E-state index contributed by atoms with van der Waals surface area (Å²) in [7, 11) is 0. The van der Waals surface area contributed by atoms with Crippen LogP contribution in [0.15, 0.2) is 42.0 Å². The van der Waals surface area contributed by atoms with Crippen molar-refractivity contribution >= 4 is 57.9 Å². The zero-order valence-electron chi connectivity index (χ0n) is 17.1. The van der Waals surface area contributed by atoms with Crippen molar-refractivity contribution in [1.29, 1.82) is 0 Å². The van der Waals surface area contributed by atoms with Crippen LogP contribution in [-0.4, -0.2) is 36.0 Å². The molecule has 1 aliphatic heterocycles. The fourth-order valence-corrected chi connectivity index (χ4v) is 3.80. The lowest BCUT2D eigenvalue weighted by Crippen LogP contribution is -2.54. The topological polar surface area (TPSA) is 128 Å². The van der Waals surface area contributed by atoms with Gasteiger partial charge in [0.2, 0.25) is 0 Å². The molecule has 0 bridgehead atoms. The van der Waals surface area contributed by atoms with E-state index in [9.17, 15) is 24.5 Å². The smallest absolute Gasteiger partial charge is 0.335 e. The van der Waals surface area contributed by atoms with Crippen molar-refractivity contribution in [3.05, 3.63) is 61.2 Å². The van der Waals surface area contributed by atoms with Crippen LogP contribution < -0.4 is 19.7 Å². The normalized spacial score (nSPS) is 15.0. The molecule has 0 saturated carbocycles. The fourth-order valence-electron chi connectivity index (χ4n) is 3.02. The van der Waals surface area contributed by atoms with Gasteiger partial charge in [0.15, 0.2) is 11.5 Å². The molecule has 1 saturated heterocycles. The Labute approximate surface area is 196 Å². The van der Waals surface area contributed by atoms with E-state index in [1.165, 1.54) is 24.3 Å². The van der Waals surface area contributed by atoms with Crippen LogP contribution in [0.2, 0.25) is 0 Å². The first kappa shape index (κ1) is 23.2. The van der Waals surface area contributed by atoms with Gasteiger partial charge in [-0.2, -0.15) is 0 Å². The number of imide groups is 2. The average molecular weight is 551 g/mol. The number of hydrogen-bond donors (Lipinski definition) is 1. The summed E-state index contributed by atoms with van der Waals surface area (Å²) in [5.41, 5.74) is -0.156. The molecule has 0 aliphatic carbocycles. The molecule has 1 fully saturated rings. The van der Waals surface area contributed by atoms with Crippen LogP contribution in [0.5, 0.6) is 11.5 Å². The monoisotopic (exact) mass is 551 g/mol. The number of anilines is 1. The van der Waals surface area contributed by atoms with E-state index < -0.39 is 22.8 Å². The van der Waals surface area contributed by atoms with E-state index in [2.05, 4.69) is 27.9 Å². The van der Waals surface area contributed by atoms with E-state index >= 15 is 0 Å². The van der Waals surface area contributed by atoms with Gasteiger partial charge in [-0.1, -0.05) is 6.07 Å². The van der Waals surface area contributed by atoms with E-state index in [0.29, 0.717) is 38.7 Å². The lowest BCUT2D eigenvalue weighted by molar-refractivity contribution is -0.384. The second kappa shape index (κ2) is 9.77. The number of non-ortho nitro benzene ring substituents is 1. The number of carbonyl (C=O) groups excluding carboxylic acids is 3. The molecule has 0 unspecified atom stereocenters. The number of nitro benzene ring substituents is 1. The molecular formula is C21H18IN3O7. The van der Waals surface area contributed by atoms with Gasteiger partial charge in [-0.05, 0) is 66.3 Å². The average Bonchev–Trinajstić information content (AvgIpc) is 2.74. The number of nitro groups is 1.